The molecule has 5 nitrogen and oxygen atoms in total. The summed E-state index contributed by atoms with van der Waals surface area (Å²) in [5.74, 6) is 0.259. The zero-order valence-corrected chi connectivity index (χ0v) is 18.1. The lowest BCUT2D eigenvalue weighted by Crippen LogP contribution is -2.27. The second kappa shape index (κ2) is 8.88. The minimum atomic E-state index is -3.59. The molecule has 152 valence electrons. The van der Waals surface area contributed by atoms with E-state index >= 15 is 0 Å². The summed E-state index contributed by atoms with van der Waals surface area (Å²) in [6.45, 7) is 11.1. The van der Waals surface area contributed by atoms with Gasteiger partial charge in [0, 0.05) is 18.7 Å². The molecule has 6 heteroatoms. The average Bonchev–Trinajstić information content (AvgIpc) is 2.64. The molecule has 0 spiro atoms. The van der Waals surface area contributed by atoms with E-state index in [0.717, 1.165) is 11.1 Å². The first-order valence-corrected chi connectivity index (χ1v) is 10.9. The van der Waals surface area contributed by atoms with Gasteiger partial charge in [-0.2, -0.15) is 0 Å². The lowest BCUT2D eigenvalue weighted by atomic mass is 9.87. The summed E-state index contributed by atoms with van der Waals surface area (Å²) in [6, 6.07) is 13.9. The molecule has 0 unspecified atom stereocenters. The van der Waals surface area contributed by atoms with E-state index < -0.39 is 10.0 Å². The lowest BCUT2D eigenvalue weighted by molar-refractivity contribution is 0.0949. The van der Waals surface area contributed by atoms with Gasteiger partial charge in [-0.15, -0.1) is 0 Å². The fraction of sp³-hybridized carbons (Fsp3) is 0.409. The Morgan fingerprint density at radius 2 is 1.54 bits per heavy atom. The first-order chi connectivity index (χ1) is 13.0. The predicted octanol–water partition coefficient (Wildman–Crippen LogP) is 3.85. The lowest BCUT2D eigenvalue weighted by Gasteiger charge is -2.19. The van der Waals surface area contributed by atoms with Crippen LogP contribution in [0.25, 0.3) is 0 Å². The molecule has 0 radical (unpaired) electrons. The van der Waals surface area contributed by atoms with Crippen LogP contribution in [0.3, 0.4) is 0 Å². The van der Waals surface area contributed by atoms with Gasteiger partial charge in [-0.05, 0) is 46.7 Å². The highest BCUT2D eigenvalue weighted by Gasteiger charge is 2.17. The van der Waals surface area contributed by atoms with Crippen molar-refractivity contribution in [2.45, 2.75) is 51.5 Å². The quantitative estimate of drug-likeness (QED) is 0.739. The van der Waals surface area contributed by atoms with Gasteiger partial charge in [-0.1, -0.05) is 58.9 Å². The van der Waals surface area contributed by atoms with E-state index in [1.807, 2.05) is 26.0 Å². The number of sulfonamides is 1. The summed E-state index contributed by atoms with van der Waals surface area (Å²) >= 11 is 0. The maximum Gasteiger partial charge on any atom is 0.251 e. The van der Waals surface area contributed by atoms with Gasteiger partial charge < -0.3 is 5.32 Å². The molecule has 28 heavy (non-hydrogen) atoms. The highest BCUT2D eigenvalue weighted by Crippen LogP contribution is 2.23. The van der Waals surface area contributed by atoms with E-state index in [4.69, 9.17) is 0 Å². The van der Waals surface area contributed by atoms with Crippen LogP contribution in [-0.2, 0) is 22.0 Å². The molecule has 2 aromatic rings. The average molecular weight is 403 g/mol. The molecule has 0 heterocycles. The summed E-state index contributed by atoms with van der Waals surface area (Å²) in [5, 5.41) is 2.86. The number of amides is 1. The summed E-state index contributed by atoms with van der Waals surface area (Å²) < 4.78 is 27.6. The van der Waals surface area contributed by atoms with Crippen LogP contribution in [0.15, 0.2) is 53.4 Å². The molecule has 0 bridgehead atoms. The van der Waals surface area contributed by atoms with Gasteiger partial charge in [0.05, 0.1) is 4.90 Å². The number of rotatable bonds is 7. The number of hydrogen-bond acceptors (Lipinski definition) is 3. The molecule has 0 fully saturated rings. The number of hydrogen-bond donors (Lipinski definition) is 2. The summed E-state index contributed by atoms with van der Waals surface area (Å²) in [5.41, 5.74) is 2.40. The highest BCUT2D eigenvalue weighted by atomic mass is 32.2. The Kier molecular flexibility index (Phi) is 7.01. The van der Waals surface area contributed by atoms with Gasteiger partial charge in [-0.3, -0.25) is 4.79 Å². The topological polar surface area (TPSA) is 75.3 Å². The third-order valence-electron chi connectivity index (χ3n) is 4.38. The molecule has 0 aliphatic rings. The molecular weight excluding hydrogens is 372 g/mol. The molecule has 2 N–H and O–H groups in total. The van der Waals surface area contributed by atoms with Gasteiger partial charge >= 0.3 is 0 Å². The van der Waals surface area contributed by atoms with E-state index in [0.29, 0.717) is 18.0 Å². The van der Waals surface area contributed by atoms with Gasteiger partial charge in [0.1, 0.15) is 0 Å². The van der Waals surface area contributed by atoms with Gasteiger partial charge in [0.25, 0.3) is 5.91 Å². The molecule has 0 saturated heterocycles. The van der Waals surface area contributed by atoms with Crippen LogP contribution in [0.5, 0.6) is 0 Å². The predicted molar refractivity (Wildman–Crippen MR) is 113 cm³/mol. The van der Waals surface area contributed by atoms with Gasteiger partial charge in [0.2, 0.25) is 10.0 Å². The summed E-state index contributed by atoms with van der Waals surface area (Å²) in [7, 11) is -3.59. The van der Waals surface area contributed by atoms with Crippen LogP contribution in [0.1, 0.15) is 56.1 Å². The van der Waals surface area contributed by atoms with Crippen LogP contribution < -0.4 is 10.0 Å². The minimum Gasteiger partial charge on any atom is -0.352 e. The van der Waals surface area contributed by atoms with E-state index in [2.05, 4.69) is 30.8 Å². The second-order valence-electron chi connectivity index (χ2n) is 8.40. The van der Waals surface area contributed by atoms with Crippen molar-refractivity contribution in [3.05, 3.63) is 65.2 Å². The molecule has 0 aliphatic carbocycles. The molecule has 2 rings (SSSR count). The van der Waals surface area contributed by atoms with E-state index in [1.165, 1.54) is 0 Å². The maximum atomic E-state index is 12.5. The summed E-state index contributed by atoms with van der Waals surface area (Å²) in [4.78, 5) is 12.3. The van der Waals surface area contributed by atoms with Crippen molar-refractivity contribution in [1.29, 1.82) is 0 Å². The largest absolute Gasteiger partial charge is 0.352 e. The smallest absolute Gasteiger partial charge is 0.251 e. The van der Waals surface area contributed by atoms with E-state index in [9.17, 15) is 13.2 Å². The van der Waals surface area contributed by atoms with Crippen LogP contribution in [0.4, 0.5) is 0 Å². The number of benzene rings is 2. The summed E-state index contributed by atoms with van der Waals surface area (Å²) in [6.07, 6.45) is 0. The maximum absolute atomic E-state index is 12.5. The number of carbonyl (C=O) groups excluding carboxylic acids is 1. The first-order valence-electron chi connectivity index (χ1n) is 9.46. The fourth-order valence-electron chi connectivity index (χ4n) is 2.57. The highest BCUT2D eigenvalue weighted by molar-refractivity contribution is 7.89. The Balaban J connectivity index is 2.00. The number of carbonyl (C=O) groups is 1. The van der Waals surface area contributed by atoms with Crippen molar-refractivity contribution in [3.8, 4) is 0 Å². The molecular formula is C22H30N2O3S. The Morgan fingerprint density at radius 1 is 0.964 bits per heavy atom. The van der Waals surface area contributed by atoms with Crippen molar-refractivity contribution in [2.75, 3.05) is 6.54 Å². The first kappa shape index (κ1) is 22.1. The Bertz CT molecular complexity index is 894. The Labute approximate surface area is 168 Å². The van der Waals surface area contributed by atoms with Crippen molar-refractivity contribution < 1.29 is 13.2 Å². The Hall–Kier alpha value is -2.18. The number of nitrogens with one attached hydrogen (secondary N) is 2. The monoisotopic (exact) mass is 402 g/mol. The minimum absolute atomic E-state index is 0.0288. The van der Waals surface area contributed by atoms with E-state index in [1.54, 1.807) is 36.4 Å². The molecule has 2 aromatic carbocycles. The standard InChI is InChI=1S/C22H30N2O3S/c1-16(2)14-23-21(25)18-8-6-17(7-9-18)15-24-28(26,27)20-12-10-19(11-13-20)22(3,4)5/h6-13,16,24H,14-15H2,1-5H3,(H,23,25). The second-order valence-corrected chi connectivity index (χ2v) is 10.2. The van der Waals surface area contributed by atoms with Crippen LogP contribution in [0, 0.1) is 5.92 Å². The zero-order valence-electron chi connectivity index (χ0n) is 17.2. The molecule has 0 aromatic heterocycles. The third-order valence-corrected chi connectivity index (χ3v) is 5.80. The van der Waals surface area contributed by atoms with E-state index in [-0.39, 0.29) is 22.8 Å². The zero-order chi connectivity index (χ0) is 20.9. The third kappa shape index (κ3) is 6.17. The van der Waals surface area contributed by atoms with Crippen molar-refractivity contribution in [2.24, 2.45) is 5.92 Å². The van der Waals surface area contributed by atoms with Crippen molar-refractivity contribution >= 4 is 15.9 Å². The van der Waals surface area contributed by atoms with Crippen LogP contribution in [-0.4, -0.2) is 20.9 Å². The molecule has 0 saturated carbocycles. The normalized spacial score (nSPS) is 12.2. The fourth-order valence-corrected chi connectivity index (χ4v) is 3.59. The molecule has 0 atom stereocenters. The van der Waals surface area contributed by atoms with Gasteiger partial charge in [-0.25, -0.2) is 13.1 Å². The molecule has 0 aliphatic heterocycles. The van der Waals surface area contributed by atoms with Crippen molar-refractivity contribution in [1.82, 2.24) is 10.0 Å². The Morgan fingerprint density at radius 3 is 2.04 bits per heavy atom. The van der Waals surface area contributed by atoms with Crippen LogP contribution in [0.2, 0.25) is 0 Å². The molecule has 1 amide bonds. The SMILES string of the molecule is CC(C)CNC(=O)c1ccc(CNS(=O)(=O)c2ccc(C(C)(C)C)cc2)cc1. The van der Waals surface area contributed by atoms with Crippen LogP contribution >= 0.6 is 0 Å². The van der Waals surface area contributed by atoms with Gasteiger partial charge in [0.15, 0.2) is 0 Å². The van der Waals surface area contributed by atoms with Crippen molar-refractivity contribution in [3.63, 3.8) is 0 Å².